The third-order valence-electron chi connectivity index (χ3n) is 4.19. The highest BCUT2D eigenvalue weighted by Gasteiger charge is 2.28. The molecule has 0 aliphatic heterocycles. The number of rotatable bonds is 14. The number of hydrogen-bond acceptors (Lipinski definition) is 6. The number of phosphoric ester groups is 1. The number of carboxylic acids is 1. The molecule has 0 bridgehead atoms. The maximum absolute atomic E-state index is 13.1. The Hall–Kier alpha value is -2.02. The molecule has 0 aliphatic carbocycles. The zero-order valence-corrected chi connectivity index (χ0v) is 18.3. The predicted molar refractivity (Wildman–Crippen MR) is 113 cm³/mol. The first-order valence-electron chi connectivity index (χ1n) is 9.73. The van der Waals surface area contributed by atoms with Gasteiger partial charge in [0.15, 0.2) is 0 Å². The number of carboxylic acid groups (broad SMARTS) is 1. The standard InChI is InChI=1S/C22H29O7P/c1-22(2,21(23)24)18-26-14-9-15-27-30(25,28-16-19-10-5-3-6-11-19)29-17-20-12-7-4-8-13-20/h3-8,10-13H,9,14-18H2,1-2H3,(H,23,24). The van der Waals surface area contributed by atoms with Crippen molar-refractivity contribution in [3.63, 3.8) is 0 Å². The van der Waals surface area contributed by atoms with Crippen molar-refractivity contribution in [1.29, 1.82) is 0 Å². The van der Waals surface area contributed by atoms with Crippen LogP contribution in [0.25, 0.3) is 0 Å². The number of benzene rings is 2. The summed E-state index contributed by atoms with van der Waals surface area (Å²) in [6.45, 7) is 3.81. The van der Waals surface area contributed by atoms with E-state index in [1.165, 1.54) is 0 Å². The zero-order valence-electron chi connectivity index (χ0n) is 17.4. The molecule has 0 amide bonds. The van der Waals surface area contributed by atoms with Crippen LogP contribution < -0.4 is 0 Å². The molecular formula is C22H29O7P. The summed E-state index contributed by atoms with van der Waals surface area (Å²) < 4.78 is 35.0. The van der Waals surface area contributed by atoms with E-state index in [9.17, 15) is 9.36 Å². The molecule has 0 saturated heterocycles. The second-order valence-electron chi connectivity index (χ2n) is 7.39. The van der Waals surface area contributed by atoms with Crippen molar-refractivity contribution in [2.24, 2.45) is 5.41 Å². The summed E-state index contributed by atoms with van der Waals surface area (Å²) in [5, 5.41) is 9.08. The van der Waals surface area contributed by atoms with E-state index < -0.39 is 19.2 Å². The van der Waals surface area contributed by atoms with E-state index in [1.807, 2.05) is 60.7 Å². The highest BCUT2D eigenvalue weighted by atomic mass is 31.2. The number of aliphatic carboxylic acids is 1. The molecule has 2 aromatic carbocycles. The summed E-state index contributed by atoms with van der Waals surface area (Å²) in [4.78, 5) is 11.1. The van der Waals surface area contributed by atoms with E-state index >= 15 is 0 Å². The lowest BCUT2D eigenvalue weighted by Gasteiger charge is -2.20. The molecule has 2 aromatic rings. The molecule has 0 fully saturated rings. The van der Waals surface area contributed by atoms with Crippen molar-refractivity contribution in [1.82, 2.24) is 0 Å². The topological polar surface area (TPSA) is 91.3 Å². The molecule has 0 aromatic heterocycles. The van der Waals surface area contributed by atoms with Crippen LogP contribution in [0.5, 0.6) is 0 Å². The van der Waals surface area contributed by atoms with Gasteiger partial charge >= 0.3 is 13.8 Å². The van der Waals surface area contributed by atoms with Gasteiger partial charge in [0.1, 0.15) is 0 Å². The molecule has 0 unspecified atom stereocenters. The largest absolute Gasteiger partial charge is 0.481 e. The predicted octanol–water partition coefficient (Wildman–Crippen LogP) is 5.06. The number of ether oxygens (including phenoxy) is 1. The van der Waals surface area contributed by atoms with Crippen LogP contribution in [0.2, 0.25) is 0 Å². The van der Waals surface area contributed by atoms with Gasteiger partial charge in [-0.25, -0.2) is 4.57 Å². The second kappa shape index (κ2) is 12.0. The molecule has 164 valence electrons. The molecule has 0 saturated carbocycles. The van der Waals surface area contributed by atoms with Gasteiger partial charge < -0.3 is 9.84 Å². The maximum atomic E-state index is 13.1. The van der Waals surface area contributed by atoms with Gasteiger partial charge in [-0.2, -0.15) is 0 Å². The lowest BCUT2D eigenvalue weighted by molar-refractivity contribution is -0.150. The molecule has 30 heavy (non-hydrogen) atoms. The Morgan fingerprint density at radius 3 is 1.83 bits per heavy atom. The monoisotopic (exact) mass is 436 g/mol. The second-order valence-corrected chi connectivity index (χ2v) is 9.06. The molecular weight excluding hydrogens is 407 g/mol. The Morgan fingerprint density at radius 2 is 1.37 bits per heavy atom. The van der Waals surface area contributed by atoms with Gasteiger partial charge in [0, 0.05) is 6.61 Å². The van der Waals surface area contributed by atoms with Gasteiger partial charge in [-0.15, -0.1) is 0 Å². The minimum absolute atomic E-state index is 0.0784. The van der Waals surface area contributed by atoms with Crippen LogP contribution >= 0.6 is 7.82 Å². The van der Waals surface area contributed by atoms with Gasteiger partial charge in [0.25, 0.3) is 0 Å². The van der Waals surface area contributed by atoms with Crippen molar-refractivity contribution in [3.05, 3.63) is 71.8 Å². The molecule has 0 heterocycles. The average molecular weight is 436 g/mol. The first-order chi connectivity index (χ1) is 14.3. The minimum atomic E-state index is -3.80. The lowest BCUT2D eigenvalue weighted by atomic mass is 9.95. The van der Waals surface area contributed by atoms with E-state index in [0.717, 1.165) is 11.1 Å². The van der Waals surface area contributed by atoms with E-state index in [-0.39, 0.29) is 33.0 Å². The van der Waals surface area contributed by atoms with Crippen LogP contribution in [0, 0.1) is 5.41 Å². The first kappa shape index (κ1) is 24.3. The highest BCUT2D eigenvalue weighted by Crippen LogP contribution is 2.51. The fraction of sp³-hybridized carbons (Fsp3) is 0.409. The van der Waals surface area contributed by atoms with Crippen LogP contribution in [0.1, 0.15) is 31.4 Å². The molecule has 0 spiro atoms. The van der Waals surface area contributed by atoms with Crippen molar-refractivity contribution in [2.45, 2.75) is 33.5 Å². The minimum Gasteiger partial charge on any atom is -0.481 e. The van der Waals surface area contributed by atoms with Crippen LogP contribution in [0.3, 0.4) is 0 Å². The summed E-state index contributed by atoms with van der Waals surface area (Å²) in [5.41, 5.74) is 0.737. The van der Waals surface area contributed by atoms with Crippen LogP contribution in [-0.4, -0.2) is 30.9 Å². The number of hydrogen-bond donors (Lipinski definition) is 1. The van der Waals surface area contributed by atoms with E-state index in [1.54, 1.807) is 13.8 Å². The van der Waals surface area contributed by atoms with Gasteiger partial charge in [0.2, 0.25) is 0 Å². The van der Waals surface area contributed by atoms with Gasteiger partial charge in [-0.05, 0) is 31.4 Å². The summed E-state index contributed by atoms with van der Waals surface area (Å²) in [5.74, 6) is -0.924. The molecule has 8 heteroatoms. The number of phosphoric acid groups is 1. The van der Waals surface area contributed by atoms with Crippen molar-refractivity contribution in [2.75, 3.05) is 19.8 Å². The highest BCUT2D eigenvalue weighted by molar-refractivity contribution is 7.48. The van der Waals surface area contributed by atoms with Crippen LogP contribution in [0.4, 0.5) is 0 Å². The maximum Gasteiger partial charge on any atom is 0.475 e. The molecule has 0 atom stereocenters. The normalized spacial score (nSPS) is 12.1. The van der Waals surface area contributed by atoms with Crippen molar-refractivity contribution < 1.29 is 32.8 Å². The van der Waals surface area contributed by atoms with Gasteiger partial charge in [-0.3, -0.25) is 18.4 Å². The lowest BCUT2D eigenvalue weighted by Crippen LogP contribution is -2.29. The molecule has 7 nitrogen and oxygen atoms in total. The molecule has 2 rings (SSSR count). The Morgan fingerprint density at radius 1 is 0.867 bits per heavy atom. The average Bonchev–Trinajstić information content (AvgIpc) is 2.75. The van der Waals surface area contributed by atoms with Crippen molar-refractivity contribution in [3.8, 4) is 0 Å². The summed E-state index contributed by atoms with van der Waals surface area (Å²) in [6, 6.07) is 18.7. The SMILES string of the molecule is CC(C)(COCCCOP(=O)(OCc1ccccc1)OCc1ccccc1)C(=O)O. The Bertz CT molecular complexity index is 761. The van der Waals surface area contributed by atoms with Crippen molar-refractivity contribution >= 4 is 13.8 Å². The molecule has 1 N–H and O–H groups in total. The summed E-state index contributed by atoms with van der Waals surface area (Å²) >= 11 is 0. The zero-order chi connectivity index (χ0) is 21.9. The summed E-state index contributed by atoms with van der Waals surface area (Å²) in [7, 11) is -3.80. The Labute approximate surface area is 177 Å². The Kier molecular flexibility index (Phi) is 9.69. The van der Waals surface area contributed by atoms with E-state index in [0.29, 0.717) is 6.42 Å². The third-order valence-corrected chi connectivity index (χ3v) is 5.58. The smallest absolute Gasteiger partial charge is 0.475 e. The summed E-state index contributed by atoms with van der Waals surface area (Å²) in [6.07, 6.45) is 0.420. The quantitative estimate of drug-likeness (QED) is 0.327. The van der Waals surface area contributed by atoms with Gasteiger partial charge in [0.05, 0.1) is 31.8 Å². The fourth-order valence-electron chi connectivity index (χ4n) is 2.29. The molecule has 0 aliphatic rings. The number of carbonyl (C=O) groups is 1. The molecule has 0 radical (unpaired) electrons. The van der Waals surface area contributed by atoms with Crippen LogP contribution in [-0.2, 0) is 40.9 Å². The first-order valence-corrected chi connectivity index (χ1v) is 11.2. The van der Waals surface area contributed by atoms with Gasteiger partial charge in [-0.1, -0.05) is 60.7 Å². The Balaban J connectivity index is 1.84. The van der Waals surface area contributed by atoms with E-state index in [2.05, 4.69) is 0 Å². The van der Waals surface area contributed by atoms with E-state index in [4.69, 9.17) is 23.4 Å². The fourth-order valence-corrected chi connectivity index (χ4v) is 3.48. The van der Waals surface area contributed by atoms with Crippen LogP contribution in [0.15, 0.2) is 60.7 Å². The third kappa shape index (κ3) is 8.78.